The number of carbonyl (C=O) groups is 1. The summed E-state index contributed by atoms with van der Waals surface area (Å²) < 4.78 is 6.00. The molecule has 1 fully saturated rings. The Hall–Kier alpha value is -1.16. The van der Waals surface area contributed by atoms with E-state index in [4.69, 9.17) is 4.74 Å². The first-order chi connectivity index (χ1) is 10.1. The molecule has 1 amide bonds. The Balaban J connectivity index is 1.77. The van der Waals surface area contributed by atoms with E-state index in [-0.39, 0.29) is 12.0 Å². The van der Waals surface area contributed by atoms with E-state index >= 15 is 0 Å². The number of amides is 1. The van der Waals surface area contributed by atoms with Gasteiger partial charge >= 0.3 is 0 Å². The standard InChI is InChI=1S/C17H25NO2S/c1-13-4-6-15(7-5-13)20-16-8-10-18(11-9-16)17(19)12-14(2)21-3/h4-7,14,16H,8-12H2,1-3H3/t14-/m1/s1. The van der Waals surface area contributed by atoms with Crippen LogP contribution in [-0.2, 0) is 4.79 Å². The van der Waals surface area contributed by atoms with Gasteiger partial charge in [-0.15, -0.1) is 0 Å². The average Bonchev–Trinajstić information content (AvgIpc) is 2.50. The molecule has 0 aromatic heterocycles. The number of likely N-dealkylation sites (tertiary alicyclic amines) is 1. The van der Waals surface area contributed by atoms with Crippen LogP contribution in [0.4, 0.5) is 0 Å². The summed E-state index contributed by atoms with van der Waals surface area (Å²) in [7, 11) is 0. The molecule has 0 radical (unpaired) electrons. The fraction of sp³-hybridized carbons (Fsp3) is 0.588. The molecule has 1 aliphatic rings. The molecule has 0 aliphatic carbocycles. The summed E-state index contributed by atoms with van der Waals surface area (Å²) >= 11 is 1.75. The number of aryl methyl sites for hydroxylation is 1. The van der Waals surface area contributed by atoms with Gasteiger partial charge in [-0.1, -0.05) is 24.6 Å². The molecule has 0 saturated carbocycles. The second-order valence-electron chi connectivity index (χ2n) is 5.76. The first kappa shape index (κ1) is 16.2. The fourth-order valence-electron chi connectivity index (χ4n) is 2.49. The third-order valence-corrected chi connectivity index (χ3v) is 4.95. The molecular weight excluding hydrogens is 282 g/mol. The summed E-state index contributed by atoms with van der Waals surface area (Å²) in [6, 6.07) is 8.18. The maximum atomic E-state index is 12.1. The molecule has 21 heavy (non-hydrogen) atoms. The van der Waals surface area contributed by atoms with Gasteiger partial charge in [0.15, 0.2) is 0 Å². The van der Waals surface area contributed by atoms with Crippen LogP contribution < -0.4 is 4.74 Å². The molecule has 1 atom stereocenters. The zero-order chi connectivity index (χ0) is 15.2. The van der Waals surface area contributed by atoms with Crippen LogP contribution in [0.1, 0.15) is 31.7 Å². The van der Waals surface area contributed by atoms with Crippen LogP contribution in [0.3, 0.4) is 0 Å². The third kappa shape index (κ3) is 4.95. The molecule has 1 heterocycles. The molecule has 1 aliphatic heterocycles. The maximum absolute atomic E-state index is 12.1. The number of rotatable bonds is 5. The number of ether oxygens (including phenoxy) is 1. The van der Waals surface area contributed by atoms with Gasteiger partial charge in [-0.3, -0.25) is 4.79 Å². The second-order valence-corrected chi connectivity index (χ2v) is 7.04. The Morgan fingerprint density at radius 2 is 1.95 bits per heavy atom. The predicted octanol–water partition coefficient (Wildman–Crippen LogP) is 3.51. The normalized spacial score (nSPS) is 17.6. The highest BCUT2D eigenvalue weighted by Crippen LogP contribution is 2.21. The van der Waals surface area contributed by atoms with E-state index in [1.165, 1.54) is 5.56 Å². The van der Waals surface area contributed by atoms with Gasteiger partial charge in [-0.05, 0) is 25.3 Å². The lowest BCUT2D eigenvalue weighted by Crippen LogP contribution is -2.42. The van der Waals surface area contributed by atoms with Gasteiger partial charge in [0, 0.05) is 37.6 Å². The van der Waals surface area contributed by atoms with E-state index < -0.39 is 0 Å². The molecule has 2 rings (SSSR count). The molecule has 4 heteroatoms. The highest BCUT2D eigenvalue weighted by atomic mass is 32.2. The molecule has 0 unspecified atom stereocenters. The third-order valence-electron chi connectivity index (χ3n) is 3.98. The van der Waals surface area contributed by atoms with Crippen molar-refractivity contribution in [3.8, 4) is 5.75 Å². The first-order valence-electron chi connectivity index (χ1n) is 7.62. The molecule has 0 spiro atoms. The maximum Gasteiger partial charge on any atom is 0.223 e. The van der Waals surface area contributed by atoms with Crippen molar-refractivity contribution < 1.29 is 9.53 Å². The summed E-state index contributed by atoms with van der Waals surface area (Å²) in [6.45, 7) is 5.81. The van der Waals surface area contributed by atoms with Gasteiger partial charge in [0.1, 0.15) is 11.9 Å². The SMILES string of the molecule is CS[C@H](C)CC(=O)N1CCC(Oc2ccc(C)cc2)CC1. The zero-order valence-corrected chi connectivity index (χ0v) is 14.0. The molecule has 3 nitrogen and oxygen atoms in total. The topological polar surface area (TPSA) is 29.5 Å². The Morgan fingerprint density at radius 3 is 2.52 bits per heavy atom. The van der Waals surface area contributed by atoms with Crippen LogP contribution in [-0.4, -0.2) is 41.5 Å². The van der Waals surface area contributed by atoms with E-state index in [1.54, 1.807) is 11.8 Å². The average molecular weight is 307 g/mol. The Morgan fingerprint density at radius 1 is 1.33 bits per heavy atom. The van der Waals surface area contributed by atoms with Crippen LogP contribution in [0.25, 0.3) is 0 Å². The van der Waals surface area contributed by atoms with Crippen molar-refractivity contribution >= 4 is 17.7 Å². The predicted molar refractivity (Wildman–Crippen MR) is 89.0 cm³/mol. The monoisotopic (exact) mass is 307 g/mol. The summed E-state index contributed by atoms with van der Waals surface area (Å²) in [6.07, 6.45) is 4.78. The fourth-order valence-corrected chi connectivity index (χ4v) is 2.80. The number of thioether (sulfide) groups is 1. The summed E-state index contributed by atoms with van der Waals surface area (Å²) in [5.74, 6) is 1.21. The molecule has 116 valence electrons. The number of nitrogens with zero attached hydrogens (tertiary/aromatic N) is 1. The van der Waals surface area contributed by atoms with Crippen molar-refractivity contribution in [3.63, 3.8) is 0 Å². The van der Waals surface area contributed by atoms with Gasteiger partial charge < -0.3 is 9.64 Å². The van der Waals surface area contributed by atoms with Gasteiger partial charge in [0.2, 0.25) is 5.91 Å². The van der Waals surface area contributed by atoms with Crippen LogP contribution in [0.5, 0.6) is 5.75 Å². The highest BCUT2D eigenvalue weighted by molar-refractivity contribution is 7.99. The Bertz CT molecular complexity index is 452. The lowest BCUT2D eigenvalue weighted by atomic mass is 10.1. The molecule has 0 bridgehead atoms. The van der Waals surface area contributed by atoms with Crippen molar-refractivity contribution in [3.05, 3.63) is 29.8 Å². The van der Waals surface area contributed by atoms with Gasteiger partial charge in [-0.2, -0.15) is 11.8 Å². The molecule has 1 aromatic rings. The summed E-state index contributed by atoms with van der Waals surface area (Å²) in [5.41, 5.74) is 1.24. The van der Waals surface area contributed by atoms with Gasteiger partial charge in [0.25, 0.3) is 0 Å². The minimum Gasteiger partial charge on any atom is -0.490 e. The van der Waals surface area contributed by atoms with Crippen LogP contribution in [0, 0.1) is 6.92 Å². The zero-order valence-electron chi connectivity index (χ0n) is 13.2. The number of benzene rings is 1. The van der Waals surface area contributed by atoms with Gasteiger partial charge in [-0.25, -0.2) is 0 Å². The van der Waals surface area contributed by atoms with Crippen molar-refractivity contribution in [1.29, 1.82) is 0 Å². The molecule has 1 saturated heterocycles. The number of hydrogen-bond acceptors (Lipinski definition) is 3. The Kier molecular flexibility index (Phi) is 5.97. The van der Waals surface area contributed by atoms with Crippen molar-refractivity contribution in [2.45, 2.75) is 44.5 Å². The van der Waals surface area contributed by atoms with E-state index in [2.05, 4.69) is 32.2 Å². The van der Waals surface area contributed by atoms with Crippen LogP contribution in [0.2, 0.25) is 0 Å². The first-order valence-corrected chi connectivity index (χ1v) is 8.91. The van der Waals surface area contributed by atoms with E-state index in [1.807, 2.05) is 17.0 Å². The van der Waals surface area contributed by atoms with E-state index in [0.717, 1.165) is 31.7 Å². The van der Waals surface area contributed by atoms with Crippen molar-refractivity contribution in [2.75, 3.05) is 19.3 Å². The lowest BCUT2D eigenvalue weighted by Gasteiger charge is -2.32. The summed E-state index contributed by atoms with van der Waals surface area (Å²) in [5, 5.41) is 0.402. The second kappa shape index (κ2) is 7.74. The minimum atomic E-state index is 0.231. The minimum absolute atomic E-state index is 0.231. The molecular formula is C17H25NO2S. The molecule has 0 N–H and O–H groups in total. The smallest absolute Gasteiger partial charge is 0.223 e. The Labute approximate surface area is 132 Å². The number of piperidine rings is 1. The number of hydrogen-bond donors (Lipinski definition) is 0. The lowest BCUT2D eigenvalue weighted by molar-refractivity contribution is -0.132. The van der Waals surface area contributed by atoms with E-state index in [0.29, 0.717) is 11.7 Å². The summed E-state index contributed by atoms with van der Waals surface area (Å²) in [4.78, 5) is 14.1. The largest absolute Gasteiger partial charge is 0.490 e. The van der Waals surface area contributed by atoms with Gasteiger partial charge in [0.05, 0.1) is 0 Å². The van der Waals surface area contributed by atoms with E-state index in [9.17, 15) is 4.79 Å². The molecule has 1 aromatic carbocycles. The van der Waals surface area contributed by atoms with Crippen LogP contribution in [0.15, 0.2) is 24.3 Å². The quantitative estimate of drug-likeness (QED) is 0.834. The highest BCUT2D eigenvalue weighted by Gasteiger charge is 2.24. The number of carbonyl (C=O) groups excluding carboxylic acids is 1. The van der Waals surface area contributed by atoms with Crippen molar-refractivity contribution in [1.82, 2.24) is 4.90 Å². The van der Waals surface area contributed by atoms with Crippen LogP contribution >= 0.6 is 11.8 Å². The van der Waals surface area contributed by atoms with Crippen molar-refractivity contribution in [2.24, 2.45) is 0 Å².